The summed E-state index contributed by atoms with van der Waals surface area (Å²) < 4.78 is 11.8. The maximum Gasteiger partial charge on any atom is 0.309 e. The molecule has 1 aromatic rings. The zero-order chi connectivity index (χ0) is 15.5. The van der Waals surface area contributed by atoms with Crippen molar-refractivity contribution >= 4 is 14.3 Å². The standard InChI is InChI=1S/C17H26O3Si/c1-5-19-16(18)14-11-12-21(3,4)20-17(2,13-14)15-9-7-6-8-10-15/h6-10,14H,5,11-13H2,1-4H3/t14-,17+/m1/s1. The van der Waals surface area contributed by atoms with Gasteiger partial charge in [0.1, 0.15) is 0 Å². The molecule has 116 valence electrons. The number of hydrogen-bond acceptors (Lipinski definition) is 3. The Morgan fingerprint density at radius 2 is 2.05 bits per heavy atom. The molecule has 0 saturated carbocycles. The van der Waals surface area contributed by atoms with Crippen LogP contribution < -0.4 is 0 Å². The summed E-state index contributed by atoms with van der Waals surface area (Å²) in [4.78, 5) is 12.2. The first-order chi connectivity index (χ1) is 9.86. The van der Waals surface area contributed by atoms with E-state index in [9.17, 15) is 4.79 Å². The van der Waals surface area contributed by atoms with Gasteiger partial charge in [-0.2, -0.15) is 0 Å². The summed E-state index contributed by atoms with van der Waals surface area (Å²) in [6.45, 7) is 8.90. The second kappa shape index (κ2) is 6.32. The van der Waals surface area contributed by atoms with Gasteiger partial charge in [0.25, 0.3) is 0 Å². The number of ether oxygens (including phenoxy) is 1. The van der Waals surface area contributed by atoms with Crippen LogP contribution in [0.5, 0.6) is 0 Å². The Bertz CT molecular complexity index is 486. The first-order valence-corrected chi connectivity index (χ1v) is 10.9. The summed E-state index contributed by atoms with van der Waals surface area (Å²) >= 11 is 0. The summed E-state index contributed by atoms with van der Waals surface area (Å²) in [5.74, 6) is -0.139. The van der Waals surface area contributed by atoms with Gasteiger partial charge < -0.3 is 9.16 Å². The normalized spacial score (nSPS) is 28.7. The molecule has 2 rings (SSSR count). The number of hydrogen-bond donors (Lipinski definition) is 0. The van der Waals surface area contributed by atoms with Crippen molar-refractivity contribution < 1.29 is 14.0 Å². The zero-order valence-corrected chi connectivity index (χ0v) is 14.5. The average Bonchev–Trinajstić information content (AvgIpc) is 2.56. The van der Waals surface area contributed by atoms with Gasteiger partial charge in [-0.05, 0) is 51.4 Å². The second-order valence-electron chi connectivity index (χ2n) is 6.65. The lowest BCUT2D eigenvalue weighted by Gasteiger charge is -2.36. The Morgan fingerprint density at radius 3 is 2.67 bits per heavy atom. The van der Waals surface area contributed by atoms with E-state index in [0.29, 0.717) is 13.0 Å². The number of benzene rings is 1. The van der Waals surface area contributed by atoms with E-state index in [0.717, 1.165) is 18.0 Å². The molecule has 21 heavy (non-hydrogen) atoms. The summed E-state index contributed by atoms with van der Waals surface area (Å²) in [5, 5.41) is 0. The molecule has 0 aliphatic carbocycles. The van der Waals surface area contributed by atoms with Crippen molar-refractivity contribution in [2.75, 3.05) is 6.61 Å². The van der Waals surface area contributed by atoms with Gasteiger partial charge in [0, 0.05) is 0 Å². The first kappa shape index (κ1) is 16.2. The molecule has 1 saturated heterocycles. The Kier molecular flexibility index (Phi) is 4.89. The molecule has 2 atom stereocenters. The SMILES string of the molecule is CCOC(=O)[C@@H]1CC[Si](C)(C)O[C@](C)(c2ccccc2)C1. The Morgan fingerprint density at radius 1 is 1.38 bits per heavy atom. The topological polar surface area (TPSA) is 35.5 Å². The zero-order valence-electron chi connectivity index (χ0n) is 13.5. The Hall–Kier alpha value is -1.13. The van der Waals surface area contributed by atoms with Crippen LogP contribution in [0.1, 0.15) is 32.3 Å². The molecule has 0 radical (unpaired) electrons. The molecule has 0 bridgehead atoms. The highest BCUT2D eigenvalue weighted by molar-refractivity contribution is 6.71. The first-order valence-electron chi connectivity index (χ1n) is 7.79. The maximum absolute atomic E-state index is 12.2. The third kappa shape index (κ3) is 3.95. The minimum atomic E-state index is -1.78. The minimum absolute atomic E-state index is 0.0653. The molecule has 0 spiro atoms. The van der Waals surface area contributed by atoms with Crippen molar-refractivity contribution in [3.63, 3.8) is 0 Å². The number of carbonyl (C=O) groups excluding carboxylic acids is 1. The van der Waals surface area contributed by atoms with Crippen molar-refractivity contribution in [1.82, 2.24) is 0 Å². The highest BCUT2D eigenvalue weighted by atomic mass is 28.4. The van der Waals surface area contributed by atoms with E-state index in [1.165, 1.54) is 0 Å². The molecule has 3 nitrogen and oxygen atoms in total. The van der Waals surface area contributed by atoms with Gasteiger partial charge in [0.2, 0.25) is 0 Å². The van der Waals surface area contributed by atoms with Crippen molar-refractivity contribution in [2.24, 2.45) is 5.92 Å². The summed E-state index contributed by atoms with van der Waals surface area (Å²) in [7, 11) is -1.78. The molecular formula is C17H26O3Si. The molecule has 0 N–H and O–H groups in total. The quantitative estimate of drug-likeness (QED) is 0.623. The number of esters is 1. The van der Waals surface area contributed by atoms with Crippen molar-refractivity contribution in [3.8, 4) is 0 Å². The molecule has 0 unspecified atom stereocenters. The number of rotatable bonds is 3. The highest BCUT2D eigenvalue weighted by Crippen LogP contribution is 2.41. The van der Waals surface area contributed by atoms with Gasteiger partial charge in [-0.25, -0.2) is 0 Å². The van der Waals surface area contributed by atoms with Crippen LogP contribution in [0.15, 0.2) is 30.3 Å². The maximum atomic E-state index is 12.2. The smallest absolute Gasteiger partial charge is 0.309 e. The van der Waals surface area contributed by atoms with Crippen LogP contribution in [0.2, 0.25) is 19.1 Å². The van der Waals surface area contributed by atoms with Gasteiger partial charge in [-0.1, -0.05) is 30.3 Å². The summed E-state index contributed by atoms with van der Waals surface area (Å²) in [5.41, 5.74) is 0.757. The van der Waals surface area contributed by atoms with Crippen LogP contribution in [-0.4, -0.2) is 20.9 Å². The number of carbonyl (C=O) groups is 1. The van der Waals surface area contributed by atoms with E-state index in [4.69, 9.17) is 9.16 Å². The van der Waals surface area contributed by atoms with Gasteiger partial charge in [0.05, 0.1) is 18.1 Å². The van der Waals surface area contributed by atoms with Crippen molar-refractivity contribution in [1.29, 1.82) is 0 Å². The Labute approximate surface area is 128 Å². The molecule has 1 aliphatic heterocycles. The van der Waals surface area contributed by atoms with Crippen LogP contribution in [0.3, 0.4) is 0 Å². The van der Waals surface area contributed by atoms with E-state index in [1.807, 2.05) is 25.1 Å². The molecule has 1 aliphatic rings. The molecule has 1 heterocycles. The van der Waals surface area contributed by atoms with E-state index in [2.05, 4.69) is 32.2 Å². The van der Waals surface area contributed by atoms with Gasteiger partial charge in [0.15, 0.2) is 8.32 Å². The fraction of sp³-hybridized carbons (Fsp3) is 0.588. The summed E-state index contributed by atoms with van der Waals surface area (Å²) in [6.07, 6.45) is 1.58. The Balaban J connectivity index is 2.31. The lowest BCUT2D eigenvalue weighted by Crippen LogP contribution is -2.39. The fourth-order valence-corrected chi connectivity index (χ4v) is 5.79. The predicted octanol–water partition coefficient (Wildman–Crippen LogP) is 4.10. The van der Waals surface area contributed by atoms with Crippen LogP contribution >= 0.6 is 0 Å². The van der Waals surface area contributed by atoms with Crippen molar-refractivity contribution in [2.45, 2.75) is 51.4 Å². The second-order valence-corrected chi connectivity index (χ2v) is 10.9. The average molecular weight is 306 g/mol. The highest BCUT2D eigenvalue weighted by Gasteiger charge is 2.43. The van der Waals surface area contributed by atoms with E-state index in [1.54, 1.807) is 0 Å². The minimum Gasteiger partial charge on any atom is -0.466 e. The predicted molar refractivity (Wildman–Crippen MR) is 86.5 cm³/mol. The van der Waals surface area contributed by atoms with E-state index >= 15 is 0 Å². The van der Waals surface area contributed by atoms with Crippen molar-refractivity contribution in [3.05, 3.63) is 35.9 Å². The van der Waals surface area contributed by atoms with Gasteiger partial charge in [-0.15, -0.1) is 0 Å². The fourth-order valence-electron chi connectivity index (χ4n) is 3.23. The molecule has 0 aromatic heterocycles. The monoisotopic (exact) mass is 306 g/mol. The van der Waals surface area contributed by atoms with Crippen LogP contribution in [0.25, 0.3) is 0 Å². The lowest BCUT2D eigenvalue weighted by molar-refractivity contribution is -0.149. The molecular weight excluding hydrogens is 280 g/mol. The third-order valence-corrected chi connectivity index (χ3v) is 6.73. The van der Waals surface area contributed by atoms with E-state index < -0.39 is 13.9 Å². The van der Waals surface area contributed by atoms with Crippen LogP contribution in [0, 0.1) is 5.92 Å². The van der Waals surface area contributed by atoms with Gasteiger partial charge in [-0.3, -0.25) is 4.79 Å². The van der Waals surface area contributed by atoms with E-state index in [-0.39, 0.29) is 11.9 Å². The third-order valence-electron chi connectivity index (χ3n) is 4.24. The van der Waals surface area contributed by atoms with Gasteiger partial charge >= 0.3 is 5.97 Å². The van der Waals surface area contributed by atoms with Crippen LogP contribution in [-0.2, 0) is 19.6 Å². The molecule has 1 aromatic carbocycles. The largest absolute Gasteiger partial charge is 0.466 e. The van der Waals surface area contributed by atoms with Crippen LogP contribution in [0.4, 0.5) is 0 Å². The lowest BCUT2D eigenvalue weighted by atomic mass is 9.85. The molecule has 0 amide bonds. The molecule has 1 fully saturated rings. The summed E-state index contributed by atoms with van der Waals surface area (Å²) in [6, 6.07) is 11.3. The molecule has 4 heteroatoms.